The van der Waals surface area contributed by atoms with Gasteiger partial charge in [0.25, 0.3) is 0 Å². The number of hydrogen-bond donors (Lipinski definition) is 2. The Morgan fingerprint density at radius 3 is 2.59 bits per heavy atom. The van der Waals surface area contributed by atoms with Crippen LogP contribution in [0.4, 0.5) is 0 Å². The fourth-order valence-electron chi connectivity index (χ4n) is 2.41. The van der Waals surface area contributed by atoms with Crippen molar-refractivity contribution in [2.75, 3.05) is 27.8 Å². The highest BCUT2D eigenvalue weighted by molar-refractivity contribution is 6.29. The summed E-state index contributed by atoms with van der Waals surface area (Å²) in [6.45, 7) is 1.23. The maximum Gasteiger partial charge on any atom is 0.341 e. The van der Waals surface area contributed by atoms with Crippen LogP contribution in [0, 0.1) is 0 Å². The van der Waals surface area contributed by atoms with Crippen LogP contribution >= 0.6 is 11.6 Å². The minimum Gasteiger partial charge on any atom is -0.496 e. The van der Waals surface area contributed by atoms with E-state index in [9.17, 15) is 4.79 Å². The smallest absolute Gasteiger partial charge is 0.341 e. The molecule has 0 radical (unpaired) electrons. The van der Waals surface area contributed by atoms with Gasteiger partial charge in [-0.15, -0.1) is 0 Å². The molecule has 2 aromatic rings. The molecule has 0 aliphatic heterocycles. The largest absolute Gasteiger partial charge is 0.496 e. The Bertz CT molecular complexity index is 794. The number of aliphatic imine (C=N–C) groups is 1. The number of nitrogens with zero attached hydrogens (tertiary/aromatic N) is 2. The predicted octanol–water partition coefficient (Wildman–Crippen LogP) is 2.44. The molecule has 0 fully saturated rings. The molecule has 0 aliphatic carbocycles. The SMILES string of the molecule is CN=C(NCCc1ccc(Cl)nc1)NCc1ccc(C(=O)OC)c(OC)c1. The van der Waals surface area contributed by atoms with Crippen molar-refractivity contribution in [3.8, 4) is 5.75 Å². The highest BCUT2D eigenvalue weighted by Crippen LogP contribution is 2.21. The van der Waals surface area contributed by atoms with Crippen molar-refractivity contribution in [3.63, 3.8) is 0 Å². The van der Waals surface area contributed by atoms with Gasteiger partial charge in [0.1, 0.15) is 16.5 Å². The summed E-state index contributed by atoms with van der Waals surface area (Å²) in [6, 6.07) is 9.05. The maximum atomic E-state index is 11.7. The van der Waals surface area contributed by atoms with Gasteiger partial charge in [-0.05, 0) is 35.7 Å². The number of ether oxygens (including phenoxy) is 2. The minimum absolute atomic E-state index is 0.392. The summed E-state index contributed by atoms with van der Waals surface area (Å²) in [5.41, 5.74) is 2.43. The van der Waals surface area contributed by atoms with Crippen LogP contribution in [0.3, 0.4) is 0 Å². The summed E-state index contributed by atoms with van der Waals surface area (Å²) in [4.78, 5) is 20.0. The zero-order valence-corrected chi connectivity index (χ0v) is 16.3. The molecule has 1 aromatic heterocycles. The molecule has 27 heavy (non-hydrogen) atoms. The van der Waals surface area contributed by atoms with E-state index in [0.29, 0.717) is 35.5 Å². The molecule has 0 spiro atoms. The van der Waals surface area contributed by atoms with Gasteiger partial charge < -0.3 is 20.1 Å². The first-order valence-electron chi connectivity index (χ1n) is 8.37. The second-order valence-electron chi connectivity index (χ2n) is 5.62. The van der Waals surface area contributed by atoms with E-state index in [1.54, 1.807) is 31.4 Å². The third-order valence-electron chi connectivity index (χ3n) is 3.85. The van der Waals surface area contributed by atoms with Gasteiger partial charge in [-0.3, -0.25) is 4.99 Å². The molecule has 1 aromatic carbocycles. The summed E-state index contributed by atoms with van der Waals surface area (Å²) in [5, 5.41) is 6.95. The molecule has 0 atom stereocenters. The number of esters is 1. The molecule has 144 valence electrons. The molecule has 0 unspecified atom stereocenters. The van der Waals surface area contributed by atoms with Gasteiger partial charge in [-0.2, -0.15) is 0 Å². The van der Waals surface area contributed by atoms with E-state index in [-0.39, 0.29) is 0 Å². The minimum atomic E-state index is -0.430. The maximum absolute atomic E-state index is 11.7. The number of rotatable bonds is 7. The van der Waals surface area contributed by atoms with E-state index in [1.165, 1.54) is 14.2 Å². The normalized spacial score (nSPS) is 11.0. The molecule has 0 bridgehead atoms. The second-order valence-corrected chi connectivity index (χ2v) is 6.01. The zero-order chi connectivity index (χ0) is 19.6. The van der Waals surface area contributed by atoms with Crippen LogP contribution in [0.5, 0.6) is 5.75 Å². The number of nitrogens with one attached hydrogen (secondary N) is 2. The molecule has 2 N–H and O–H groups in total. The van der Waals surface area contributed by atoms with Gasteiger partial charge in [0.15, 0.2) is 5.96 Å². The van der Waals surface area contributed by atoms with E-state index in [2.05, 4.69) is 20.6 Å². The van der Waals surface area contributed by atoms with Crippen molar-refractivity contribution in [2.24, 2.45) is 4.99 Å². The topological polar surface area (TPSA) is 84.8 Å². The summed E-state index contributed by atoms with van der Waals surface area (Å²) < 4.78 is 10.0. The summed E-state index contributed by atoms with van der Waals surface area (Å²) in [6.07, 6.45) is 2.56. The quantitative estimate of drug-likeness (QED) is 0.327. The first kappa shape index (κ1) is 20.5. The average Bonchev–Trinajstić information content (AvgIpc) is 2.71. The molecular formula is C19H23ClN4O3. The molecule has 1 heterocycles. The van der Waals surface area contributed by atoms with Crippen LogP contribution in [0.2, 0.25) is 5.15 Å². The number of halogens is 1. The summed E-state index contributed by atoms with van der Waals surface area (Å²) >= 11 is 5.78. The monoisotopic (exact) mass is 390 g/mol. The molecule has 0 saturated heterocycles. The number of carbonyl (C=O) groups is 1. The van der Waals surface area contributed by atoms with E-state index in [0.717, 1.165) is 17.5 Å². The molecule has 0 aliphatic rings. The second kappa shape index (κ2) is 10.4. The Morgan fingerprint density at radius 2 is 1.96 bits per heavy atom. The first-order valence-corrected chi connectivity index (χ1v) is 8.75. The lowest BCUT2D eigenvalue weighted by Gasteiger charge is -2.13. The zero-order valence-electron chi connectivity index (χ0n) is 15.6. The molecule has 0 amide bonds. The number of methoxy groups -OCH3 is 2. The fourth-order valence-corrected chi connectivity index (χ4v) is 2.52. The lowest BCUT2D eigenvalue weighted by molar-refractivity contribution is 0.0597. The Morgan fingerprint density at radius 1 is 1.19 bits per heavy atom. The average molecular weight is 391 g/mol. The Labute approximate surface area is 163 Å². The van der Waals surface area contributed by atoms with Gasteiger partial charge in [0.2, 0.25) is 0 Å². The van der Waals surface area contributed by atoms with Crippen molar-refractivity contribution >= 4 is 23.5 Å². The van der Waals surface area contributed by atoms with E-state index in [1.807, 2.05) is 12.1 Å². The van der Waals surface area contributed by atoms with Gasteiger partial charge in [0.05, 0.1) is 14.2 Å². The number of carbonyl (C=O) groups excluding carboxylic acids is 1. The van der Waals surface area contributed by atoms with Crippen LogP contribution in [-0.2, 0) is 17.7 Å². The van der Waals surface area contributed by atoms with Gasteiger partial charge in [0, 0.05) is 26.3 Å². The highest BCUT2D eigenvalue weighted by Gasteiger charge is 2.13. The third kappa shape index (κ3) is 6.14. The first-order chi connectivity index (χ1) is 13.1. The highest BCUT2D eigenvalue weighted by atomic mass is 35.5. The molecule has 0 saturated carbocycles. The Hall–Kier alpha value is -2.80. The van der Waals surface area contributed by atoms with Gasteiger partial charge >= 0.3 is 5.97 Å². The van der Waals surface area contributed by atoms with Gasteiger partial charge in [-0.25, -0.2) is 9.78 Å². The van der Waals surface area contributed by atoms with Crippen LogP contribution in [-0.4, -0.2) is 44.7 Å². The van der Waals surface area contributed by atoms with Crippen LogP contribution in [0.25, 0.3) is 0 Å². The molecule has 8 heteroatoms. The van der Waals surface area contributed by atoms with Crippen molar-refractivity contribution < 1.29 is 14.3 Å². The van der Waals surface area contributed by atoms with Gasteiger partial charge in [-0.1, -0.05) is 23.7 Å². The number of benzene rings is 1. The van der Waals surface area contributed by atoms with E-state index < -0.39 is 5.97 Å². The summed E-state index contributed by atoms with van der Waals surface area (Å²) in [5.74, 6) is 0.716. The van der Waals surface area contributed by atoms with Crippen molar-refractivity contribution in [1.82, 2.24) is 15.6 Å². The molecule has 7 nitrogen and oxygen atoms in total. The number of hydrogen-bond acceptors (Lipinski definition) is 5. The Kier molecular flexibility index (Phi) is 7.88. The molecular weight excluding hydrogens is 368 g/mol. The van der Waals surface area contributed by atoms with Crippen molar-refractivity contribution in [1.29, 1.82) is 0 Å². The lowest BCUT2D eigenvalue weighted by Crippen LogP contribution is -2.37. The number of pyridine rings is 1. The van der Waals surface area contributed by atoms with Crippen molar-refractivity contribution in [3.05, 3.63) is 58.4 Å². The van der Waals surface area contributed by atoms with Crippen LogP contribution in [0.15, 0.2) is 41.5 Å². The van der Waals surface area contributed by atoms with E-state index in [4.69, 9.17) is 21.1 Å². The summed E-state index contributed by atoms with van der Waals surface area (Å²) in [7, 11) is 4.57. The fraction of sp³-hybridized carbons (Fsp3) is 0.316. The standard InChI is InChI=1S/C19H23ClN4O3/c1-21-19(22-9-8-13-5-7-17(20)23-11-13)24-12-14-4-6-15(18(25)27-3)16(10-14)26-2/h4-7,10-11H,8-9,12H2,1-3H3,(H2,21,22,24). The number of aromatic nitrogens is 1. The van der Waals surface area contributed by atoms with Crippen molar-refractivity contribution in [2.45, 2.75) is 13.0 Å². The third-order valence-corrected chi connectivity index (χ3v) is 4.07. The Balaban J connectivity index is 1.88. The lowest BCUT2D eigenvalue weighted by atomic mass is 10.1. The van der Waals surface area contributed by atoms with E-state index >= 15 is 0 Å². The van der Waals surface area contributed by atoms with Crippen LogP contribution < -0.4 is 15.4 Å². The van der Waals surface area contributed by atoms with Crippen LogP contribution in [0.1, 0.15) is 21.5 Å². The molecule has 2 rings (SSSR count). The number of guanidine groups is 1. The predicted molar refractivity (Wildman–Crippen MR) is 105 cm³/mol.